The fourth-order valence-electron chi connectivity index (χ4n) is 1.93. The van der Waals surface area contributed by atoms with Gasteiger partial charge in [0.25, 0.3) is 0 Å². The average Bonchev–Trinajstić information content (AvgIpc) is 2.53. The first-order chi connectivity index (χ1) is 9.65. The zero-order valence-corrected chi connectivity index (χ0v) is 12.0. The van der Waals surface area contributed by atoms with Gasteiger partial charge in [-0.2, -0.15) is 5.26 Å². The van der Waals surface area contributed by atoms with Crippen LogP contribution >= 0.6 is 0 Å². The third-order valence-electron chi connectivity index (χ3n) is 3.53. The maximum Gasteiger partial charge on any atom is 0.185 e. The molecule has 102 valence electrons. The third kappa shape index (κ3) is 2.94. The number of benzene rings is 1. The number of nitriles is 1. The highest BCUT2D eigenvalue weighted by Crippen LogP contribution is 2.23. The summed E-state index contributed by atoms with van der Waals surface area (Å²) in [5, 5.41) is 17.0. The Bertz CT molecular complexity index is 596. The second kappa shape index (κ2) is 6.16. The van der Waals surface area contributed by atoms with Gasteiger partial charge in [0.05, 0.1) is 5.69 Å². The van der Waals surface area contributed by atoms with Crippen LogP contribution in [0.2, 0.25) is 0 Å². The molecular weight excluding hydrogens is 248 g/mol. The summed E-state index contributed by atoms with van der Waals surface area (Å²) in [6, 6.07) is 12.1. The van der Waals surface area contributed by atoms with E-state index in [2.05, 4.69) is 48.3 Å². The Hall–Kier alpha value is -2.41. The van der Waals surface area contributed by atoms with Crippen LogP contribution in [-0.2, 0) is 0 Å². The van der Waals surface area contributed by atoms with Crippen LogP contribution in [0.3, 0.4) is 0 Å². The van der Waals surface area contributed by atoms with Crippen molar-refractivity contribution in [1.29, 1.82) is 5.26 Å². The van der Waals surface area contributed by atoms with Gasteiger partial charge in [0, 0.05) is 12.6 Å². The van der Waals surface area contributed by atoms with Crippen molar-refractivity contribution in [2.75, 3.05) is 11.9 Å². The van der Waals surface area contributed by atoms with Crippen LogP contribution < -0.4 is 4.90 Å². The predicted molar refractivity (Wildman–Crippen MR) is 80.2 cm³/mol. The summed E-state index contributed by atoms with van der Waals surface area (Å²) in [7, 11) is 1.66. The van der Waals surface area contributed by atoms with E-state index in [4.69, 9.17) is 5.26 Å². The monoisotopic (exact) mass is 266 g/mol. The van der Waals surface area contributed by atoms with E-state index in [1.165, 1.54) is 10.5 Å². The molecular formula is C16H18N4. The lowest BCUT2D eigenvalue weighted by Gasteiger charge is -2.10. The SMILES string of the molecule is CCC(C)c1ccc(-c2ccc(N(C)C#N)nn2)cc1. The summed E-state index contributed by atoms with van der Waals surface area (Å²) >= 11 is 0. The second-order valence-electron chi connectivity index (χ2n) is 4.87. The van der Waals surface area contributed by atoms with Gasteiger partial charge in [0.2, 0.25) is 0 Å². The van der Waals surface area contributed by atoms with Gasteiger partial charge < -0.3 is 0 Å². The zero-order valence-electron chi connectivity index (χ0n) is 12.0. The summed E-state index contributed by atoms with van der Waals surface area (Å²) in [5.41, 5.74) is 3.19. The molecule has 0 amide bonds. The van der Waals surface area contributed by atoms with E-state index in [1.807, 2.05) is 12.3 Å². The minimum atomic E-state index is 0.549. The molecule has 0 radical (unpaired) electrons. The van der Waals surface area contributed by atoms with Gasteiger partial charge in [0.1, 0.15) is 0 Å². The van der Waals surface area contributed by atoms with E-state index in [1.54, 1.807) is 13.1 Å². The van der Waals surface area contributed by atoms with Crippen molar-refractivity contribution in [3.8, 4) is 17.5 Å². The Morgan fingerprint density at radius 3 is 2.35 bits per heavy atom. The van der Waals surface area contributed by atoms with Gasteiger partial charge in [-0.05, 0) is 30.0 Å². The lowest BCUT2D eigenvalue weighted by Crippen LogP contribution is -2.10. The molecule has 2 aromatic rings. The maximum absolute atomic E-state index is 8.79. The van der Waals surface area contributed by atoms with Gasteiger partial charge in [-0.25, -0.2) is 0 Å². The first kappa shape index (κ1) is 14.0. The fraction of sp³-hybridized carbons (Fsp3) is 0.312. The molecule has 0 aliphatic carbocycles. The lowest BCUT2D eigenvalue weighted by atomic mass is 9.97. The molecule has 1 unspecified atom stereocenters. The van der Waals surface area contributed by atoms with Crippen LogP contribution in [-0.4, -0.2) is 17.2 Å². The minimum absolute atomic E-state index is 0.549. The van der Waals surface area contributed by atoms with Crippen LogP contribution in [0.15, 0.2) is 36.4 Å². The van der Waals surface area contributed by atoms with Gasteiger partial charge in [0.15, 0.2) is 12.0 Å². The molecule has 1 atom stereocenters. The standard InChI is InChI=1S/C16H18N4/c1-4-12(2)13-5-7-14(8-6-13)15-9-10-16(19-18-15)20(3)11-17/h5-10,12H,4H2,1-3H3. The van der Waals surface area contributed by atoms with Crippen molar-refractivity contribution < 1.29 is 0 Å². The fourth-order valence-corrected chi connectivity index (χ4v) is 1.93. The van der Waals surface area contributed by atoms with Crippen LogP contribution in [0.25, 0.3) is 11.3 Å². The Morgan fingerprint density at radius 2 is 1.85 bits per heavy atom. The van der Waals surface area contributed by atoms with Crippen molar-refractivity contribution in [2.45, 2.75) is 26.2 Å². The first-order valence-electron chi connectivity index (χ1n) is 6.73. The molecule has 0 N–H and O–H groups in total. The average molecular weight is 266 g/mol. The summed E-state index contributed by atoms with van der Waals surface area (Å²) in [4.78, 5) is 1.38. The van der Waals surface area contributed by atoms with Crippen molar-refractivity contribution in [2.24, 2.45) is 0 Å². The van der Waals surface area contributed by atoms with E-state index >= 15 is 0 Å². The summed E-state index contributed by atoms with van der Waals surface area (Å²) in [6.45, 7) is 4.41. The molecule has 0 spiro atoms. The van der Waals surface area contributed by atoms with Crippen molar-refractivity contribution >= 4 is 5.82 Å². The number of rotatable bonds is 4. The molecule has 20 heavy (non-hydrogen) atoms. The number of aromatic nitrogens is 2. The van der Waals surface area contributed by atoms with E-state index in [0.29, 0.717) is 11.7 Å². The van der Waals surface area contributed by atoms with Gasteiger partial charge in [-0.3, -0.25) is 4.90 Å². The van der Waals surface area contributed by atoms with E-state index in [-0.39, 0.29) is 0 Å². The van der Waals surface area contributed by atoms with Crippen LogP contribution in [0, 0.1) is 11.5 Å². The molecule has 1 aromatic carbocycles. The Balaban J connectivity index is 2.22. The molecule has 1 heterocycles. The van der Waals surface area contributed by atoms with Crippen molar-refractivity contribution in [1.82, 2.24) is 10.2 Å². The number of anilines is 1. The Morgan fingerprint density at radius 1 is 1.15 bits per heavy atom. The molecule has 0 fully saturated rings. The molecule has 0 bridgehead atoms. The summed E-state index contributed by atoms with van der Waals surface area (Å²) < 4.78 is 0. The minimum Gasteiger partial charge on any atom is -0.265 e. The van der Waals surface area contributed by atoms with Crippen molar-refractivity contribution in [3.63, 3.8) is 0 Å². The van der Waals surface area contributed by atoms with Crippen LogP contribution in [0.4, 0.5) is 5.82 Å². The highest BCUT2D eigenvalue weighted by molar-refractivity contribution is 5.60. The summed E-state index contributed by atoms with van der Waals surface area (Å²) in [5.74, 6) is 1.12. The molecule has 0 saturated carbocycles. The normalized spacial score (nSPS) is 11.7. The van der Waals surface area contributed by atoms with Gasteiger partial charge >= 0.3 is 0 Å². The Kier molecular flexibility index (Phi) is 4.31. The predicted octanol–water partition coefficient (Wildman–Crippen LogP) is 3.57. The van der Waals surface area contributed by atoms with Crippen molar-refractivity contribution in [3.05, 3.63) is 42.0 Å². The summed E-state index contributed by atoms with van der Waals surface area (Å²) in [6.07, 6.45) is 3.13. The highest BCUT2D eigenvalue weighted by Gasteiger charge is 2.06. The lowest BCUT2D eigenvalue weighted by molar-refractivity contribution is 0.734. The molecule has 2 rings (SSSR count). The quantitative estimate of drug-likeness (QED) is 0.627. The smallest absolute Gasteiger partial charge is 0.185 e. The molecule has 4 heteroatoms. The number of hydrogen-bond acceptors (Lipinski definition) is 4. The number of nitrogens with zero attached hydrogens (tertiary/aromatic N) is 4. The largest absolute Gasteiger partial charge is 0.265 e. The molecule has 0 aliphatic heterocycles. The maximum atomic E-state index is 8.79. The zero-order chi connectivity index (χ0) is 14.5. The third-order valence-corrected chi connectivity index (χ3v) is 3.53. The second-order valence-corrected chi connectivity index (χ2v) is 4.87. The first-order valence-corrected chi connectivity index (χ1v) is 6.73. The van der Waals surface area contributed by atoms with Gasteiger partial charge in [-0.15, -0.1) is 10.2 Å². The molecule has 0 aliphatic rings. The van der Waals surface area contributed by atoms with Crippen LogP contribution in [0.1, 0.15) is 31.7 Å². The topological polar surface area (TPSA) is 52.8 Å². The van der Waals surface area contributed by atoms with Gasteiger partial charge in [-0.1, -0.05) is 38.1 Å². The van der Waals surface area contributed by atoms with E-state index in [9.17, 15) is 0 Å². The molecule has 4 nitrogen and oxygen atoms in total. The molecule has 0 saturated heterocycles. The molecule has 1 aromatic heterocycles. The van der Waals surface area contributed by atoms with E-state index in [0.717, 1.165) is 17.7 Å². The number of hydrogen-bond donors (Lipinski definition) is 0. The highest BCUT2D eigenvalue weighted by atomic mass is 15.2. The Labute approximate surface area is 119 Å². The van der Waals surface area contributed by atoms with E-state index < -0.39 is 0 Å². The van der Waals surface area contributed by atoms with Crippen LogP contribution in [0.5, 0.6) is 0 Å².